The number of benzene rings is 2. The highest BCUT2D eigenvalue weighted by molar-refractivity contribution is 5.91. The maximum atomic E-state index is 12.1. The molecule has 0 heterocycles. The molecule has 0 spiro atoms. The lowest BCUT2D eigenvalue weighted by molar-refractivity contribution is -0.128. The van der Waals surface area contributed by atoms with E-state index in [1.165, 1.54) is 0 Å². The Bertz CT molecular complexity index is 747. The SMILES string of the molecule is Cc1cccc(C)c1OCC(=O)Nc1ccc(CCC(=O)N(C)C)cc1. The van der Waals surface area contributed by atoms with Gasteiger partial charge in [0.15, 0.2) is 6.61 Å². The zero-order chi connectivity index (χ0) is 19.1. The van der Waals surface area contributed by atoms with E-state index in [2.05, 4.69) is 5.32 Å². The van der Waals surface area contributed by atoms with E-state index in [0.717, 1.165) is 22.4 Å². The van der Waals surface area contributed by atoms with E-state index in [9.17, 15) is 9.59 Å². The summed E-state index contributed by atoms with van der Waals surface area (Å²) in [6.45, 7) is 3.88. The van der Waals surface area contributed by atoms with Crippen molar-refractivity contribution >= 4 is 17.5 Å². The number of para-hydroxylation sites is 1. The molecule has 2 rings (SSSR count). The van der Waals surface area contributed by atoms with Crippen LogP contribution in [0.2, 0.25) is 0 Å². The van der Waals surface area contributed by atoms with Crippen LogP contribution in [0.1, 0.15) is 23.1 Å². The lowest BCUT2D eigenvalue weighted by atomic mass is 10.1. The highest BCUT2D eigenvalue weighted by Crippen LogP contribution is 2.22. The minimum atomic E-state index is -0.205. The largest absolute Gasteiger partial charge is 0.483 e. The van der Waals surface area contributed by atoms with E-state index in [-0.39, 0.29) is 18.4 Å². The molecule has 0 unspecified atom stereocenters. The Kier molecular flexibility index (Phi) is 6.78. The standard InChI is InChI=1S/C21H26N2O3/c1-15-6-5-7-16(2)21(15)26-14-19(24)22-18-11-8-17(9-12-18)10-13-20(25)23(3)4/h5-9,11-12H,10,13-14H2,1-4H3,(H,22,24). The fourth-order valence-electron chi connectivity index (χ4n) is 2.59. The summed E-state index contributed by atoms with van der Waals surface area (Å²) in [6, 6.07) is 13.4. The molecule has 0 aliphatic rings. The van der Waals surface area contributed by atoms with E-state index < -0.39 is 0 Å². The number of nitrogens with zero attached hydrogens (tertiary/aromatic N) is 1. The van der Waals surface area contributed by atoms with Crippen LogP contribution in [0.5, 0.6) is 5.75 Å². The second-order valence-electron chi connectivity index (χ2n) is 6.54. The lowest BCUT2D eigenvalue weighted by Gasteiger charge is -2.12. The molecule has 0 fully saturated rings. The van der Waals surface area contributed by atoms with Crippen molar-refractivity contribution in [2.24, 2.45) is 0 Å². The summed E-state index contributed by atoms with van der Waals surface area (Å²) in [4.78, 5) is 25.3. The van der Waals surface area contributed by atoms with Gasteiger partial charge in [-0.3, -0.25) is 9.59 Å². The molecule has 0 saturated carbocycles. The number of aryl methyl sites for hydroxylation is 3. The van der Waals surface area contributed by atoms with E-state index in [4.69, 9.17) is 4.74 Å². The normalized spacial score (nSPS) is 10.3. The molecule has 0 saturated heterocycles. The van der Waals surface area contributed by atoms with E-state index in [0.29, 0.717) is 18.5 Å². The van der Waals surface area contributed by atoms with Crippen LogP contribution >= 0.6 is 0 Å². The van der Waals surface area contributed by atoms with Gasteiger partial charge in [0.05, 0.1) is 0 Å². The summed E-state index contributed by atoms with van der Waals surface area (Å²) in [6.07, 6.45) is 1.16. The lowest BCUT2D eigenvalue weighted by Crippen LogP contribution is -2.22. The number of carbonyl (C=O) groups is 2. The molecule has 0 bridgehead atoms. The van der Waals surface area contributed by atoms with Gasteiger partial charge in [-0.05, 0) is 49.1 Å². The Labute approximate surface area is 155 Å². The third kappa shape index (κ3) is 5.62. The van der Waals surface area contributed by atoms with Crippen LogP contribution < -0.4 is 10.1 Å². The second kappa shape index (κ2) is 9.04. The van der Waals surface area contributed by atoms with Crippen LogP contribution in [0.25, 0.3) is 0 Å². The third-order valence-corrected chi connectivity index (χ3v) is 4.12. The molecule has 138 valence electrons. The molecular formula is C21H26N2O3. The van der Waals surface area contributed by atoms with Gasteiger partial charge in [-0.2, -0.15) is 0 Å². The highest BCUT2D eigenvalue weighted by Gasteiger charge is 2.08. The van der Waals surface area contributed by atoms with Crippen LogP contribution in [-0.2, 0) is 16.0 Å². The Morgan fingerprint density at radius 1 is 1.00 bits per heavy atom. The molecule has 26 heavy (non-hydrogen) atoms. The first-order valence-electron chi connectivity index (χ1n) is 8.65. The first-order valence-corrected chi connectivity index (χ1v) is 8.65. The Morgan fingerprint density at radius 2 is 1.62 bits per heavy atom. The van der Waals surface area contributed by atoms with Crippen LogP contribution in [0, 0.1) is 13.8 Å². The Hall–Kier alpha value is -2.82. The average Bonchev–Trinajstić information content (AvgIpc) is 2.60. The van der Waals surface area contributed by atoms with Crippen LogP contribution in [-0.4, -0.2) is 37.4 Å². The van der Waals surface area contributed by atoms with Gasteiger partial charge in [0.2, 0.25) is 5.91 Å². The Morgan fingerprint density at radius 3 is 2.19 bits per heavy atom. The number of carbonyl (C=O) groups excluding carboxylic acids is 2. The third-order valence-electron chi connectivity index (χ3n) is 4.12. The molecule has 0 atom stereocenters. The van der Waals surface area contributed by atoms with E-state index >= 15 is 0 Å². The Balaban J connectivity index is 1.84. The van der Waals surface area contributed by atoms with E-state index in [1.807, 2.05) is 56.3 Å². The van der Waals surface area contributed by atoms with Gasteiger partial charge in [-0.15, -0.1) is 0 Å². The first kappa shape index (κ1) is 19.5. The van der Waals surface area contributed by atoms with Crippen LogP contribution in [0.15, 0.2) is 42.5 Å². The van der Waals surface area contributed by atoms with Gasteiger partial charge in [0, 0.05) is 26.2 Å². The maximum absolute atomic E-state index is 12.1. The molecule has 2 aromatic carbocycles. The van der Waals surface area contributed by atoms with Gasteiger partial charge in [-0.25, -0.2) is 0 Å². The molecule has 0 aliphatic heterocycles. The number of ether oxygens (including phenoxy) is 1. The molecule has 5 nitrogen and oxygen atoms in total. The number of hydrogen-bond donors (Lipinski definition) is 1. The summed E-state index contributed by atoms with van der Waals surface area (Å²) in [7, 11) is 3.50. The predicted molar refractivity (Wildman–Crippen MR) is 103 cm³/mol. The van der Waals surface area contributed by atoms with Crippen LogP contribution in [0.4, 0.5) is 5.69 Å². The van der Waals surface area contributed by atoms with Crippen molar-refractivity contribution in [3.05, 3.63) is 59.2 Å². The molecule has 0 radical (unpaired) electrons. The van der Waals surface area contributed by atoms with Crippen molar-refractivity contribution in [3.63, 3.8) is 0 Å². The predicted octanol–water partition coefficient (Wildman–Crippen LogP) is 3.34. The molecule has 0 aromatic heterocycles. The number of rotatable bonds is 7. The van der Waals surface area contributed by atoms with Gasteiger partial charge in [0.25, 0.3) is 5.91 Å². The number of amides is 2. The van der Waals surface area contributed by atoms with Crippen molar-refractivity contribution in [1.82, 2.24) is 4.90 Å². The van der Waals surface area contributed by atoms with Crippen molar-refractivity contribution in [3.8, 4) is 5.75 Å². The zero-order valence-electron chi connectivity index (χ0n) is 15.8. The summed E-state index contributed by atoms with van der Waals surface area (Å²) >= 11 is 0. The number of nitrogens with one attached hydrogen (secondary N) is 1. The van der Waals surface area contributed by atoms with Crippen molar-refractivity contribution in [2.75, 3.05) is 26.0 Å². The van der Waals surface area contributed by atoms with Gasteiger partial charge in [0.1, 0.15) is 5.75 Å². The van der Waals surface area contributed by atoms with Crippen molar-refractivity contribution in [2.45, 2.75) is 26.7 Å². The molecular weight excluding hydrogens is 328 g/mol. The first-order chi connectivity index (χ1) is 12.4. The fourth-order valence-corrected chi connectivity index (χ4v) is 2.59. The molecule has 0 aliphatic carbocycles. The average molecular weight is 354 g/mol. The summed E-state index contributed by atoms with van der Waals surface area (Å²) in [5.74, 6) is 0.651. The highest BCUT2D eigenvalue weighted by atomic mass is 16.5. The summed E-state index contributed by atoms with van der Waals surface area (Å²) in [5.41, 5.74) is 3.79. The second-order valence-corrected chi connectivity index (χ2v) is 6.54. The molecule has 5 heteroatoms. The van der Waals surface area contributed by atoms with Gasteiger partial charge < -0.3 is 15.0 Å². The fraction of sp³-hybridized carbons (Fsp3) is 0.333. The smallest absolute Gasteiger partial charge is 0.262 e. The van der Waals surface area contributed by atoms with Crippen LogP contribution in [0.3, 0.4) is 0 Å². The zero-order valence-corrected chi connectivity index (χ0v) is 15.8. The number of anilines is 1. The van der Waals surface area contributed by atoms with Crippen molar-refractivity contribution in [1.29, 1.82) is 0 Å². The van der Waals surface area contributed by atoms with Gasteiger partial charge >= 0.3 is 0 Å². The topological polar surface area (TPSA) is 58.6 Å². The molecule has 2 aromatic rings. The quantitative estimate of drug-likeness (QED) is 0.830. The molecule has 1 N–H and O–H groups in total. The van der Waals surface area contributed by atoms with E-state index in [1.54, 1.807) is 19.0 Å². The minimum absolute atomic E-state index is 0.0369. The monoisotopic (exact) mass is 354 g/mol. The molecule has 2 amide bonds. The van der Waals surface area contributed by atoms with Gasteiger partial charge in [-0.1, -0.05) is 30.3 Å². The summed E-state index contributed by atoms with van der Waals surface area (Å²) in [5, 5.41) is 2.82. The summed E-state index contributed by atoms with van der Waals surface area (Å²) < 4.78 is 5.66. The minimum Gasteiger partial charge on any atom is -0.483 e. The maximum Gasteiger partial charge on any atom is 0.262 e. The van der Waals surface area contributed by atoms with Crippen molar-refractivity contribution < 1.29 is 14.3 Å². The number of hydrogen-bond acceptors (Lipinski definition) is 3.